The molecule has 0 aliphatic heterocycles. The van der Waals surface area contributed by atoms with Crippen LogP contribution in [0, 0.1) is 0 Å². The zero-order valence-corrected chi connectivity index (χ0v) is 14.7. The maximum atomic E-state index is 12.2. The van der Waals surface area contributed by atoms with E-state index < -0.39 is 11.7 Å². The molecule has 0 saturated heterocycles. The highest BCUT2D eigenvalue weighted by molar-refractivity contribution is 9.10. The summed E-state index contributed by atoms with van der Waals surface area (Å²) in [5, 5.41) is 2.58. The van der Waals surface area contributed by atoms with Crippen LogP contribution in [-0.2, 0) is 4.79 Å². The lowest BCUT2D eigenvalue weighted by molar-refractivity contribution is -0.112. The topological polar surface area (TPSA) is 81.4 Å². The highest BCUT2D eigenvalue weighted by Crippen LogP contribution is 2.32. The summed E-state index contributed by atoms with van der Waals surface area (Å²) in [5.41, 5.74) is 1.43. The minimum atomic E-state index is -0.729. The van der Waals surface area contributed by atoms with E-state index in [2.05, 4.69) is 26.2 Å². The van der Waals surface area contributed by atoms with Crippen LogP contribution in [0.4, 0.5) is 5.69 Å². The van der Waals surface area contributed by atoms with Gasteiger partial charge in [-0.3, -0.25) is 9.59 Å². The molecule has 0 bridgehead atoms. The quantitative estimate of drug-likeness (QED) is 0.518. The molecule has 1 amide bonds. The molecule has 0 radical (unpaired) electrons. The SMILES string of the molecule is COc1cc(NC(=O)C(=O)c2cccc(Br)c2)ccc1-c1cnco1. The molecular weight excluding hydrogens is 388 g/mol. The number of amides is 1. The Kier molecular flexibility index (Phi) is 4.95. The summed E-state index contributed by atoms with van der Waals surface area (Å²) in [6, 6.07) is 11.6. The molecule has 3 rings (SSSR count). The van der Waals surface area contributed by atoms with Gasteiger partial charge in [-0.1, -0.05) is 28.1 Å². The van der Waals surface area contributed by atoms with Gasteiger partial charge in [0, 0.05) is 21.8 Å². The predicted molar refractivity (Wildman–Crippen MR) is 95.6 cm³/mol. The van der Waals surface area contributed by atoms with Crippen molar-refractivity contribution < 1.29 is 18.7 Å². The first-order valence-corrected chi connectivity index (χ1v) is 8.06. The van der Waals surface area contributed by atoms with E-state index in [1.807, 2.05) is 0 Å². The second-order valence-corrected chi connectivity index (χ2v) is 5.99. The van der Waals surface area contributed by atoms with Crippen LogP contribution in [0.2, 0.25) is 0 Å². The summed E-state index contributed by atoms with van der Waals surface area (Å²) in [6.07, 6.45) is 2.88. The molecule has 0 unspecified atom stereocenters. The third-order valence-corrected chi connectivity index (χ3v) is 3.94. The Morgan fingerprint density at radius 1 is 1.20 bits per heavy atom. The van der Waals surface area contributed by atoms with E-state index in [-0.39, 0.29) is 0 Å². The lowest BCUT2D eigenvalue weighted by Crippen LogP contribution is -2.22. The Hall–Kier alpha value is -2.93. The lowest BCUT2D eigenvalue weighted by atomic mass is 10.1. The van der Waals surface area contributed by atoms with Gasteiger partial charge < -0.3 is 14.5 Å². The van der Waals surface area contributed by atoms with Gasteiger partial charge in [0.1, 0.15) is 5.75 Å². The van der Waals surface area contributed by atoms with Crippen molar-refractivity contribution in [2.45, 2.75) is 0 Å². The van der Waals surface area contributed by atoms with E-state index in [1.54, 1.807) is 48.7 Å². The van der Waals surface area contributed by atoms with Gasteiger partial charge in [0.25, 0.3) is 11.7 Å². The van der Waals surface area contributed by atoms with E-state index in [1.165, 1.54) is 13.5 Å². The van der Waals surface area contributed by atoms with E-state index in [9.17, 15) is 9.59 Å². The number of nitrogens with one attached hydrogen (secondary N) is 1. The first kappa shape index (κ1) is 16.9. The number of oxazole rings is 1. The molecule has 2 aromatic carbocycles. The first-order chi connectivity index (χ1) is 12.1. The summed E-state index contributed by atoms with van der Waals surface area (Å²) < 4.78 is 11.3. The third kappa shape index (κ3) is 3.77. The van der Waals surface area contributed by atoms with Crippen molar-refractivity contribution in [2.75, 3.05) is 12.4 Å². The Morgan fingerprint density at radius 3 is 2.72 bits per heavy atom. The van der Waals surface area contributed by atoms with Crippen LogP contribution in [0.3, 0.4) is 0 Å². The molecule has 3 aromatic rings. The minimum Gasteiger partial charge on any atom is -0.496 e. The van der Waals surface area contributed by atoms with Gasteiger partial charge in [0.2, 0.25) is 0 Å². The monoisotopic (exact) mass is 400 g/mol. The average molecular weight is 401 g/mol. The molecule has 0 aliphatic carbocycles. The largest absolute Gasteiger partial charge is 0.496 e. The van der Waals surface area contributed by atoms with Gasteiger partial charge in [-0.2, -0.15) is 0 Å². The third-order valence-electron chi connectivity index (χ3n) is 3.45. The second kappa shape index (κ2) is 7.31. The molecular formula is C18H13BrN2O4. The maximum Gasteiger partial charge on any atom is 0.296 e. The summed E-state index contributed by atoms with van der Waals surface area (Å²) in [6.45, 7) is 0. The number of aromatic nitrogens is 1. The van der Waals surface area contributed by atoms with Crippen LogP contribution in [-0.4, -0.2) is 23.8 Å². The van der Waals surface area contributed by atoms with Crippen molar-refractivity contribution in [2.24, 2.45) is 0 Å². The van der Waals surface area contributed by atoms with Gasteiger partial charge in [-0.25, -0.2) is 4.98 Å². The molecule has 1 aromatic heterocycles. The molecule has 0 spiro atoms. The van der Waals surface area contributed by atoms with Gasteiger partial charge in [0.15, 0.2) is 12.2 Å². The normalized spacial score (nSPS) is 10.3. The van der Waals surface area contributed by atoms with E-state index in [4.69, 9.17) is 9.15 Å². The van der Waals surface area contributed by atoms with Crippen LogP contribution in [0.15, 0.2) is 63.9 Å². The number of hydrogen-bond donors (Lipinski definition) is 1. The molecule has 25 heavy (non-hydrogen) atoms. The molecule has 0 atom stereocenters. The number of methoxy groups -OCH3 is 1. The Morgan fingerprint density at radius 2 is 2.04 bits per heavy atom. The van der Waals surface area contributed by atoms with E-state index in [0.29, 0.717) is 28.3 Å². The van der Waals surface area contributed by atoms with Gasteiger partial charge in [-0.05, 0) is 24.3 Å². The summed E-state index contributed by atoms with van der Waals surface area (Å²) in [7, 11) is 1.51. The van der Waals surface area contributed by atoms with E-state index >= 15 is 0 Å². The molecule has 0 aliphatic rings. The van der Waals surface area contributed by atoms with Crippen LogP contribution >= 0.6 is 15.9 Å². The summed E-state index contributed by atoms with van der Waals surface area (Å²) in [5.74, 6) is -0.323. The van der Waals surface area contributed by atoms with Crippen molar-refractivity contribution in [3.05, 3.63) is 65.1 Å². The fourth-order valence-electron chi connectivity index (χ4n) is 2.27. The van der Waals surface area contributed by atoms with Crippen molar-refractivity contribution >= 4 is 33.3 Å². The predicted octanol–water partition coefficient (Wildman–Crippen LogP) is 3.93. The number of ketones is 1. The number of Topliss-reactive ketones (excluding diaryl/α,β-unsaturated/α-hetero) is 1. The van der Waals surface area contributed by atoms with Crippen molar-refractivity contribution in [3.63, 3.8) is 0 Å². The van der Waals surface area contributed by atoms with Crippen LogP contribution in [0.25, 0.3) is 11.3 Å². The highest BCUT2D eigenvalue weighted by atomic mass is 79.9. The number of nitrogens with zero attached hydrogens (tertiary/aromatic N) is 1. The Bertz CT molecular complexity index is 923. The maximum absolute atomic E-state index is 12.2. The molecule has 126 valence electrons. The van der Waals surface area contributed by atoms with Crippen LogP contribution in [0.1, 0.15) is 10.4 Å². The lowest BCUT2D eigenvalue weighted by Gasteiger charge is -2.10. The van der Waals surface area contributed by atoms with Gasteiger partial charge in [-0.15, -0.1) is 0 Å². The Balaban J connectivity index is 1.81. The zero-order valence-electron chi connectivity index (χ0n) is 13.2. The van der Waals surface area contributed by atoms with Gasteiger partial charge >= 0.3 is 0 Å². The average Bonchev–Trinajstić information content (AvgIpc) is 3.15. The van der Waals surface area contributed by atoms with Crippen molar-refractivity contribution in [1.82, 2.24) is 4.98 Å². The molecule has 7 heteroatoms. The zero-order chi connectivity index (χ0) is 17.8. The fourth-order valence-corrected chi connectivity index (χ4v) is 2.67. The summed E-state index contributed by atoms with van der Waals surface area (Å²) >= 11 is 3.28. The smallest absolute Gasteiger partial charge is 0.296 e. The fraction of sp³-hybridized carbons (Fsp3) is 0.0556. The van der Waals surface area contributed by atoms with Crippen molar-refractivity contribution in [3.8, 4) is 17.1 Å². The Labute approximate surface area is 152 Å². The standard InChI is InChI=1S/C18H13BrN2O4/c1-24-15-8-13(5-6-14(15)16-9-20-10-25-16)21-18(23)17(22)11-3-2-4-12(19)7-11/h2-10H,1H3,(H,21,23). The van der Waals surface area contributed by atoms with Crippen LogP contribution < -0.4 is 10.1 Å². The molecule has 0 saturated carbocycles. The number of anilines is 1. The molecule has 0 fully saturated rings. The number of carbonyl (C=O) groups is 2. The number of carbonyl (C=O) groups excluding carboxylic acids is 2. The molecule has 1 heterocycles. The number of halogens is 1. The number of benzene rings is 2. The number of ether oxygens (including phenoxy) is 1. The van der Waals surface area contributed by atoms with E-state index in [0.717, 1.165) is 4.47 Å². The minimum absolute atomic E-state index is 0.303. The second-order valence-electron chi connectivity index (χ2n) is 5.07. The molecule has 1 N–H and O–H groups in total. The van der Waals surface area contributed by atoms with Gasteiger partial charge in [0.05, 0.1) is 18.9 Å². The first-order valence-electron chi connectivity index (χ1n) is 7.26. The summed E-state index contributed by atoms with van der Waals surface area (Å²) in [4.78, 5) is 28.3. The highest BCUT2D eigenvalue weighted by Gasteiger charge is 2.18. The molecule has 6 nitrogen and oxygen atoms in total. The number of hydrogen-bond acceptors (Lipinski definition) is 5. The van der Waals surface area contributed by atoms with Crippen LogP contribution in [0.5, 0.6) is 5.75 Å². The number of rotatable bonds is 5. The van der Waals surface area contributed by atoms with Crippen molar-refractivity contribution in [1.29, 1.82) is 0 Å².